The first kappa shape index (κ1) is 24.8. The van der Waals surface area contributed by atoms with E-state index in [9.17, 15) is 14.9 Å². The molecule has 0 spiro atoms. The molecule has 0 aromatic heterocycles. The molecule has 2 aliphatic rings. The van der Waals surface area contributed by atoms with Crippen molar-refractivity contribution >= 4 is 23.0 Å². The fourth-order valence-corrected chi connectivity index (χ4v) is 4.54. The third kappa shape index (κ3) is 5.96. The van der Waals surface area contributed by atoms with E-state index in [0.717, 1.165) is 55.8 Å². The number of nitro benzene ring substituents is 1. The number of hydrogen-bond acceptors (Lipinski definition) is 7. The molecule has 9 heteroatoms. The van der Waals surface area contributed by atoms with Crippen molar-refractivity contribution in [2.45, 2.75) is 52.2 Å². The number of carbonyl (C=O) groups is 1. The highest BCUT2D eigenvalue weighted by Crippen LogP contribution is 2.39. The number of amides is 1. The molecule has 0 radical (unpaired) electrons. The quantitative estimate of drug-likeness (QED) is 0.482. The lowest BCUT2D eigenvalue weighted by Gasteiger charge is -2.43. The van der Waals surface area contributed by atoms with Gasteiger partial charge in [0.15, 0.2) is 5.75 Å². The Labute approximate surface area is 196 Å². The summed E-state index contributed by atoms with van der Waals surface area (Å²) in [5, 5.41) is 11.4. The molecule has 0 saturated carbocycles. The minimum Gasteiger partial charge on any atom is -0.490 e. The van der Waals surface area contributed by atoms with E-state index in [-0.39, 0.29) is 17.5 Å². The van der Waals surface area contributed by atoms with E-state index >= 15 is 0 Å². The van der Waals surface area contributed by atoms with Crippen LogP contribution in [0.5, 0.6) is 5.75 Å². The van der Waals surface area contributed by atoms with Gasteiger partial charge >= 0.3 is 11.8 Å². The second-order valence-corrected chi connectivity index (χ2v) is 9.80. The van der Waals surface area contributed by atoms with Crippen molar-refractivity contribution in [1.82, 2.24) is 9.80 Å². The Morgan fingerprint density at radius 3 is 2.21 bits per heavy atom. The first-order chi connectivity index (χ1) is 15.5. The second kappa shape index (κ2) is 9.99. The van der Waals surface area contributed by atoms with Crippen LogP contribution in [0.4, 0.5) is 16.2 Å². The summed E-state index contributed by atoms with van der Waals surface area (Å²) < 4.78 is 10.8. The highest BCUT2D eigenvalue weighted by molar-refractivity contribution is 5.79. The number of nitro groups is 1. The number of piperazine rings is 1. The predicted octanol–water partition coefficient (Wildman–Crippen LogP) is 4.16. The molecule has 0 unspecified atom stereocenters. The minimum atomic E-state index is -0.482. The number of benzene rings is 1. The van der Waals surface area contributed by atoms with Gasteiger partial charge in [0.25, 0.3) is 0 Å². The second-order valence-electron chi connectivity index (χ2n) is 9.80. The highest BCUT2D eigenvalue weighted by atomic mass is 16.6. The number of hydrogen-bond donors (Lipinski definition) is 0. The standard InChI is InChI=1S/C24H36N4O5/c1-17(2)19-15-21(28(30)31)22(32-6)16-20(19)26-9-7-18(8-10-26)25-11-13-27(14-12-25)23(29)33-24(3,4)5/h15-16,18H,1,7-14H2,2-6H3. The van der Waals surface area contributed by atoms with Gasteiger partial charge in [-0.3, -0.25) is 15.0 Å². The maximum absolute atomic E-state index is 12.3. The van der Waals surface area contributed by atoms with Crippen molar-refractivity contribution < 1.29 is 19.2 Å². The van der Waals surface area contributed by atoms with Gasteiger partial charge in [-0.1, -0.05) is 6.58 Å². The molecule has 9 nitrogen and oxygen atoms in total. The van der Waals surface area contributed by atoms with Crippen molar-refractivity contribution in [2.75, 3.05) is 51.3 Å². The van der Waals surface area contributed by atoms with E-state index in [4.69, 9.17) is 9.47 Å². The fourth-order valence-electron chi connectivity index (χ4n) is 4.54. The Kier molecular flexibility index (Phi) is 7.51. The van der Waals surface area contributed by atoms with Gasteiger partial charge in [0, 0.05) is 68.7 Å². The summed E-state index contributed by atoms with van der Waals surface area (Å²) in [6, 6.07) is 3.79. The van der Waals surface area contributed by atoms with E-state index in [1.54, 1.807) is 17.0 Å². The van der Waals surface area contributed by atoms with Crippen LogP contribution in [0.25, 0.3) is 5.57 Å². The van der Waals surface area contributed by atoms with Gasteiger partial charge in [-0.2, -0.15) is 0 Å². The van der Waals surface area contributed by atoms with Crippen molar-refractivity contribution in [1.29, 1.82) is 0 Å². The number of ether oxygens (including phenoxy) is 2. The molecular formula is C24H36N4O5. The van der Waals surface area contributed by atoms with Crippen LogP contribution < -0.4 is 9.64 Å². The molecule has 2 fully saturated rings. The Morgan fingerprint density at radius 2 is 1.73 bits per heavy atom. The lowest BCUT2D eigenvalue weighted by atomic mass is 9.98. The molecule has 1 aromatic carbocycles. The summed E-state index contributed by atoms with van der Waals surface area (Å²) in [7, 11) is 1.45. The third-order valence-corrected chi connectivity index (χ3v) is 6.24. The first-order valence-corrected chi connectivity index (χ1v) is 11.5. The molecule has 1 amide bonds. The van der Waals surface area contributed by atoms with Crippen molar-refractivity contribution in [3.8, 4) is 5.75 Å². The molecule has 0 N–H and O–H groups in total. The average molecular weight is 461 g/mol. The predicted molar refractivity (Wildman–Crippen MR) is 129 cm³/mol. The van der Waals surface area contributed by atoms with E-state index in [1.807, 2.05) is 27.7 Å². The van der Waals surface area contributed by atoms with Crippen molar-refractivity contribution in [3.05, 3.63) is 34.4 Å². The zero-order valence-corrected chi connectivity index (χ0v) is 20.4. The average Bonchev–Trinajstić information content (AvgIpc) is 2.77. The molecule has 0 bridgehead atoms. The summed E-state index contributed by atoms with van der Waals surface area (Å²) >= 11 is 0. The topological polar surface area (TPSA) is 88.4 Å². The molecular weight excluding hydrogens is 424 g/mol. The van der Waals surface area contributed by atoms with Crippen LogP contribution >= 0.6 is 0 Å². The highest BCUT2D eigenvalue weighted by Gasteiger charge is 2.32. The van der Waals surface area contributed by atoms with Gasteiger partial charge < -0.3 is 19.3 Å². The molecule has 2 aliphatic heterocycles. The number of anilines is 1. The lowest BCUT2D eigenvalue weighted by Crippen LogP contribution is -2.55. The molecule has 0 atom stereocenters. The number of rotatable bonds is 5. The van der Waals surface area contributed by atoms with Gasteiger partial charge in [0.05, 0.1) is 12.0 Å². The zero-order valence-electron chi connectivity index (χ0n) is 20.4. The van der Waals surface area contributed by atoms with Gasteiger partial charge in [-0.05, 0) is 46.1 Å². The molecule has 182 valence electrons. The molecule has 1 aromatic rings. The minimum absolute atomic E-state index is 0.0444. The monoisotopic (exact) mass is 460 g/mol. The van der Waals surface area contributed by atoms with Crippen LogP contribution in [0.1, 0.15) is 46.1 Å². The summed E-state index contributed by atoms with van der Waals surface area (Å²) in [5.74, 6) is 0.264. The Balaban J connectivity index is 1.62. The number of nitrogens with zero attached hydrogens (tertiary/aromatic N) is 4. The Hall–Kier alpha value is -2.81. The summed E-state index contributed by atoms with van der Waals surface area (Å²) in [4.78, 5) is 29.9. The number of allylic oxidation sites excluding steroid dienone is 1. The lowest BCUT2D eigenvalue weighted by molar-refractivity contribution is -0.385. The van der Waals surface area contributed by atoms with Crippen LogP contribution in [0, 0.1) is 10.1 Å². The Bertz CT molecular complexity index is 895. The first-order valence-electron chi connectivity index (χ1n) is 11.5. The van der Waals surface area contributed by atoms with E-state index in [2.05, 4.69) is 16.4 Å². The summed E-state index contributed by atoms with van der Waals surface area (Å²) in [5.41, 5.74) is 1.97. The van der Waals surface area contributed by atoms with Gasteiger partial charge in [-0.25, -0.2) is 4.79 Å². The SMILES string of the molecule is C=C(C)c1cc([N+](=O)[O-])c(OC)cc1N1CCC(N2CCN(C(=O)OC(C)(C)C)CC2)CC1. The Morgan fingerprint density at radius 1 is 1.12 bits per heavy atom. The van der Waals surface area contributed by atoms with Gasteiger partial charge in [0.2, 0.25) is 0 Å². The van der Waals surface area contributed by atoms with Crippen LogP contribution in [-0.4, -0.2) is 78.8 Å². The van der Waals surface area contributed by atoms with Crippen LogP contribution in [0.15, 0.2) is 18.7 Å². The third-order valence-electron chi connectivity index (χ3n) is 6.24. The summed E-state index contributed by atoms with van der Waals surface area (Å²) in [6.07, 6.45) is 1.74. The maximum Gasteiger partial charge on any atom is 0.410 e. The van der Waals surface area contributed by atoms with E-state index < -0.39 is 10.5 Å². The maximum atomic E-state index is 12.3. The van der Waals surface area contributed by atoms with Crippen LogP contribution in [0.2, 0.25) is 0 Å². The van der Waals surface area contributed by atoms with Crippen molar-refractivity contribution in [3.63, 3.8) is 0 Å². The van der Waals surface area contributed by atoms with Crippen LogP contribution in [-0.2, 0) is 4.74 Å². The molecule has 2 saturated heterocycles. The van der Waals surface area contributed by atoms with Gasteiger partial charge in [0.1, 0.15) is 5.60 Å². The number of carbonyl (C=O) groups excluding carboxylic acids is 1. The molecule has 0 aliphatic carbocycles. The number of piperidine rings is 1. The smallest absolute Gasteiger partial charge is 0.410 e. The largest absolute Gasteiger partial charge is 0.490 e. The molecule has 33 heavy (non-hydrogen) atoms. The normalized spacial score (nSPS) is 18.2. The van der Waals surface area contributed by atoms with Crippen molar-refractivity contribution in [2.24, 2.45) is 0 Å². The summed E-state index contributed by atoms with van der Waals surface area (Å²) in [6.45, 7) is 16.3. The van der Waals surface area contributed by atoms with Gasteiger partial charge in [-0.15, -0.1) is 0 Å². The van der Waals surface area contributed by atoms with E-state index in [0.29, 0.717) is 19.1 Å². The van der Waals surface area contributed by atoms with Crippen LogP contribution in [0.3, 0.4) is 0 Å². The number of methoxy groups -OCH3 is 1. The zero-order chi connectivity index (χ0) is 24.3. The molecule has 2 heterocycles. The van der Waals surface area contributed by atoms with E-state index in [1.165, 1.54) is 7.11 Å². The fraction of sp³-hybridized carbons (Fsp3) is 0.625. The molecule has 3 rings (SSSR count).